The molecule has 2 atom stereocenters. The Hall–Kier alpha value is -0.120. The molecular weight excluding hydrogens is 441 g/mol. The Kier molecular flexibility index (Phi) is 15.8. The zero-order valence-electron chi connectivity index (χ0n) is 17.6. The summed E-state index contributed by atoms with van der Waals surface area (Å²) in [6, 6.07) is 0.509. The van der Waals surface area contributed by atoms with Gasteiger partial charge in [0.05, 0.1) is 6.54 Å². The van der Waals surface area contributed by atoms with Crippen LogP contribution in [0.5, 0.6) is 0 Å². The van der Waals surface area contributed by atoms with E-state index in [9.17, 15) is 0 Å². The van der Waals surface area contributed by atoms with Crippen molar-refractivity contribution in [2.45, 2.75) is 46.1 Å². The van der Waals surface area contributed by atoms with Gasteiger partial charge in [-0.15, -0.1) is 24.0 Å². The van der Waals surface area contributed by atoms with Gasteiger partial charge in [0.1, 0.15) is 0 Å². The fourth-order valence-corrected chi connectivity index (χ4v) is 3.26. The minimum absolute atomic E-state index is 0. The van der Waals surface area contributed by atoms with E-state index in [1.165, 1.54) is 25.9 Å². The van der Waals surface area contributed by atoms with Gasteiger partial charge in [-0.3, -0.25) is 9.89 Å². The highest BCUT2D eigenvalue weighted by Crippen LogP contribution is 2.17. The van der Waals surface area contributed by atoms with Gasteiger partial charge in [0.15, 0.2) is 5.96 Å². The molecule has 1 saturated heterocycles. The molecule has 0 radical (unpaired) electrons. The van der Waals surface area contributed by atoms with Crippen molar-refractivity contribution < 1.29 is 4.74 Å². The van der Waals surface area contributed by atoms with Crippen LogP contribution >= 0.6 is 24.0 Å². The average Bonchev–Trinajstić information content (AvgIpc) is 2.59. The Morgan fingerprint density at radius 2 is 2.12 bits per heavy atom. The van der Waals surface area contributed by atoms with Gasteiger partial charge >= 0.3 is 0 Å². The molecule has 0 aromatic heterocycles. The van der Waals surface area contributed by atoms with Crippen LogP contribution in [-0.2, 0) is 4.74 Å². The zero-order valence-corrected chi connectivity index (χ0v) is 19.9. The van der Waals surface area contributed by atoms with Gasteiger partial charge in [0.2, 0.25) is 0 Å². The lowest BCUT2D eigenvalue weighted by Crippen LogP contribution is -2.44. The monoisotopic (exact) mass is 483 g/mol. The Balaban J connectivity index is 0.00000625. The first kappa shape index (κ1) is 25.9. The van der Waals surface area contributed by atoms with Crippen LogP contribution in [0, 0.1) is 5.92 Å². The minimum atomic E-state index is 0. The quantitative estimate of drug-likeness (QED) is 0.204. The van der Waals surface area contributed by atoms with E-state index in [0.29, 0.717) is 6.04 Å². The number of guanidine groups is 1. The summed E-state index contributed by atoms with van der Waals surface area (Å²) < 4.78 is 5.10. The number of hydrogen-bond donors (Lipinski definition) is 2. The van der Waals surface area contributed by atoms with Gasteiger partial charge in [-0.25, -0.2) is 0 Å². The van der Waals surface area contributed by atoms with E-state index < -0.39 is 0 Å². The van der Waals surface area contributed by atoms with Crippen LogP contribution < -0.4 is 10.6 Å². The molecule has 1 fully saturated rings. The standard InChI is InChI=1S/C19H41N5O.HI/c1-6-20-19(21-10-13-23(4)11-8-14-25-5)22-15-18(3)24-12-7-9-17(2)16-24;/h17-18H,6-16H2,1-5H3,(H2,20,21,22);1H. The fourth-order valence-electron chi connectivity index (χ4n) is 3.26. The van der Waals surface area contributed by atoms with Crippen molar-refractivity contribution in [3.63, 3.8) is 0 Å². The molecule has 6 nitrogen and oxygen atoms in total. The number of nitrogens with one attached hydrogen (secondary N) is 2. The highest BCUT2D eigenvalue weighted by atomic mass is 127. The predicted octanol–water partition coefficient (Wildman–Crippen LogP) is 2.25. The smallest absolute Gasteiger partial charge is 0.191 e. The highest BCUT2D eigenvalue weighted by Gasteiger charge is 2.20. The molecule has 2 N–H and O–H groups in total. The van der Waals surface area contributed by atoms with Crippen LogP contribution in [0.15, 0.2) is 4.99 Å². The van der Waals surface area contributed by atoms with Crippen LogP contribution in [0.4, 0.5) is 0 Å². The number of ether oxygens (including phenoxy) is 1. The van der Waals surface area contributed by atoms with Crippen molar-refractivity contribution in [1.29, 1.82) is 0 Å². The molecule has 0 spiro atoms. The third-order valence-corrected chi connectivity index (χ3v) is 4.84. The molecule has 156 valence electrons. The summed E-state index contributed by atoms with van der Waals surface area (Å²) in [5.74, 6) is 1.75. The zero-order chi connectivity index (χ0) is 18.5. The molecule has 0 aliphatic carbocycles. The Bertz CT molecular complexity index is 370. The van der Waals surface area contributed by atoms with Gasteiger partial charge in [-0.05, 0) is 52.6 Å². The average molecular weight is 483 g/mol. The van der Waals surface area contributed by atoms with Crippen LogP contribution in [0.3, 0.4) is 0 Å². The van der Waals surface area contributed by atoms with E-state index in [4.69, 9.17) is 9.73 Å². The normalized spacial score (nSPS) is 19.9. The molecule has 1 aliphatic rings. The molecular formula is C19H42IN5O. The summed E-state index contributed by atoms with van der Waals surface area (Å²) in [6.07, 6.45) is 3.77. The molecule has 0 aromatic carbocycles. The van der Waals surface area contributed by atoms with Crippen molar-refractivity contribution in [3.8, 4) is 0 Å². The summed E-state index contributed by atoms with van der Waals surface area (Å²) in [7, 11) is 3.91. The molecule has 7 heteroatoms. The van der Waals surface area contributed by atoms with Gasteiger partial charge in [0, 0.05) is 52.5 Å². The van der Waals surface area contributed by atoms with Crippen molar-refractivity contribution >= 4 is 29.9 Å². The van der Waals surface area contributed by atoms with Gasteiger partial charge in [-0.1, -0.05) is 6.92 Å². The molecule has 1 aliphatic heterocycles. The van der Waals surface area contributed by atoms with Gasteiger partial charge in [0.25, 0.3) is 0 Å². The molecule has 1 heterocycles. The summed E-state index contributed by atoms with van der Waals surface area (Å²) in [4.78, 5) is 9.71. The molecule has 0 aromatic rings. The number of methoxy groups -OCH3 is 1. The Morgan fingerprint density at radius 1 is 1.35 bits per heavy atom. The van der Waals surface area contributed by atoms with Crippen LogP contribution in [0.2, 0.25) is 0 Å². The van der Waals surface area contributed by atoms with E-state index in [1.807, 2.05) is 0 Å². The Morgan fingerprint density at radius 3 is 2.77 bits per heavy atom. The second-order valence-corrected chi connectivity index (χ2v) is 7.39. The van der Waals surface area contributed by atoms with Crippen LogP contribution in [0.1, 0.15) is 40.0 Å². The van der Waals surface area contributed by atoms with E-state index in [2.05, 4.69) is 48.3 Å². The van der Waals surface area contributed by atoms with Crippen molar-refractivity contribution in [2.75, 3.05) is 66.6 Å². The van der Waals surface area contributed by atoms with Crippen LogP contribution in [-0.4, -0.2) is 88.4 Å². The maximum atomic E-state index is 5.10. The lowest BCUT2D eigenvalue weighted by molar-refractivity contribution is 0.142. The van der Waals surface area contributed by atoms with Crippen molar-refractivity contribution in [3.05, 3.63) is 0 Å². The number of piperidine rings is 1. The number of nitrogens with zero attached hydrogens (tertiary/aromatic N) is 3. The molecule has 1 rings (SSSR count). The molecule has 26 heavy (non-hydrogen) atoms. The lowest BCUT2D eigenvalue weighted by Gasteiger charge is -2.35. The molecule has 0 bridgehead atoms. The number of halogens is 1. The predicted molar refractivity (Wildman–Crippen MR) is 123 cm³/mol. The summed E-state index contributed by atoms with van der Waals surface area (Å²) >= 11 is 0. The molecule has 0 amide bonds. The number of likely N-dealkylation sites (N-methyl/N-ethyl adjacent to an activating group) is 1. The van der Waals surface area contributed by atoms with Crippen molar-refractivity contribution in [2.24, 2.45) is 10.9 Å². The Labute approximate surface area is 178 Å². The third-order valence-electron chi connectivity index (χ3n) is 4.84. The number of aliphatic imine (C=N–C) groups is 1. The van der Waals surface area contributed by atoms with Gasteiger partial charge < -0.3 is 20.3 Å². The van der Waals surface area contributed by atoms with E-state index in [-0.39, 0.29) is 24.0 Å². The second kappa shape index (κ2) is 15.9. The first-order chi connectivity index (χ1) is 12.1. The maximum absolute atomic E-state index is 5.10. The second-order valence-electron chi connectivity index (χ2n) is 7.39. The van der Waals surface area contributed by atoms with E-state index >= 15 is 0 Å². The summed E-state index contributed by atoms with van der Waals surface area (Å²) in [6.45, 7) is 14.8. The molecule has 2 unspecified atom stereocenters. The fraction of sp³-hybridized carbons (Fsp3) is 0.947. The van der Waals surface area contributed by atoms with Gasteiger partial charge in [-0.2, -0.15) is 0 Å². The number of likely N-dealkylation sites (tertiary alicyclic amines) is 1. The van der Waals surface area contributed by atoms with E-state index in [1.54, 1.807) is 7.11 Å². The number of rotatable bonds is 11. The SMILES string of the molecule is CCNC(=NCC(C)N1CCCC(C)C1)NCCN(C)CCCOC.I. The first-order valence-electron chi connectivity index (χ1n) is 10.0. The number of hydrogen-bond acceptors (Lipinski definition) is 4. The van der Waals surface area contributed by atoms with Crippen molar-refractivity contribution in [1.82, 2.24) is 20.4 Å². The molecule has 0 saturated carbocycles. The maximum Gasteiger partial charge on any atom is 0.191 e. The largest absolute Gasteiger partial charge is 0.385 e. The third kappa shape index (κ3) is 11.6. The lowest BCUT2D eigenvalue weighted by atomic mass is 9.99. The topological polar surface area (TPSA) is 52.1 Å². The summed E-state index contributed by atoms with van der Waals surface area (Å²) in [5.41, 5.74) is 0. The first-order valence-corrected chi connectivity index (χ1v) is 10.0. The van der Waals surface area contributed by atoms with Crippen LogP contribution in [0.25, 0.3) is 0 Å². The van der Waals surface area contributed by atoms with E-state index in [0.717, 1.165) is 57.6 Å². The summed E-state index contributed by atoms with van der Waals surface area (Å²) in [5, 5.41) is 6.81. The minimum Gasteiger partial charge on any atom is -0.385 e. The highest BCUT2D eigenvalue weighted by molar-refractivity contribution is 14.0.